The summed E-state index contributed by atoms with van der Waals surface area (Å²) in [5.41, 5.74) is 9.89. The topological polar surface area (TPSA) is 38.7 Å². The number of phenols is 1. The van der Waals surface area contributed by atoms with Crippen molar-refractivity contribution in [3.8, 4) is 22.6 Å². The third-order valence-electron chi connectivity index (χ3n) is 9.74. The third-order valence-corrected chi connectivity index (χ3v) is 9.74. The number of methoxy groups -OCH3 is 1. The quantitative estimate of drug-likeness (QED) is 0.190. The molecule has 0 spiro atoms. The van der Waals surface area contributed by atoms with Crippen molar-refractivity contribution in [1.82, 2.24) is 0 Å². The van der Waals surface area contributed by atoms with E-state index in [0.29, 0.717) is 12.4 Å². The Morgan fingerprint density at radius 2 is 1.48 bits per heavy atom. The standard InChI is InChI=1S/C39H60O3/c1-26(2)13-10-14-27(3)15-11-16-28(4)17-12-18-29(5)23-24-42-32(8)36-25-38(41-9)31(7)34-20-19-33-30(6)37(40)22-21-35(33)39(34)36/h21-23,25-28,32,40H,10-20,24H2,1-9H3/t27-,28-,32-/m1/s1. The van der Waals surface area contributed by atoms with Gasteiger partial charge in [-0.3, -0.25) is 0 Å². The van der Waals surface area contributed by atoms with Crippen LogP contribution < -0.4 is 4.74 Å². The number of hydrogen-bond donors (Lipinski definition) is 1. The minimum absolute atomic E-state index is 0.0647. The molecule has 2 aromatic rings. The molecule has 234 valence electrons. The summed E-state index contributed by atoms with van der Waals surface area (Å²) in [5.74, 6) is 3.84. The molecular weight excluding hydrogens is 516 g/mol. The molecule has 3 nitrogen and oxygen atoms in total. The summed E-state index contributed by atoms with van der Waals surface area (Å²) in [6.45, 7) is 18.8. The molecule has 0 fully saturated rings. The Morgan fingerprint density at radius 3 is 2.12 bits per heavy atom. The van der Waals surface area contributed by atoms with Crippen LogP contribution in [0.2, 0.25) is 0 Å². The fourth-order valence-electron chi connectivity index (χ4n) is 6.78. The first-order valence-corrected chi connectivity index (χ1v) is 16.8. The SMILES string of the molecule is COc1cc([C@@H](C)OCC=C(C)CCC[C@H](C)CCC[C@H](C)CCCC(C)C)c2c(c1C)CCc1c-2ccc(O)c1C. The van der Waals surface area contributed by atoms with E-state index < -0.39 is 0 Å². The molecule has 0 unspecified atom stereocenters. The first kappa shape index (κ1) is 34.2. The van der Waals surface area contributed by atoms with E-state index in [4.69, 9.17) is 9.47 Å². The van der Waals surface area contributed by atoms with Gasteiger partial charge in [-0.05, 0) is 122 Å². The van der Waals surface area contributed by atoms with Crippen molar-refractivity contribution in [3.63, 3.8) is 0 Å². The van der Waals surface area contributed by atoms with E-state index >= 15 is 0 Å². The van der Waals surface area contributed by atoms with Gasteiger partial charge in [0.15, 0.2) is 0 Å². The molecule has 0 bridgehead atoms. The largest absolute Gasteiger partial charge is 0.508 e. The molecule has 1 aliphatic carbocycles. The number of hydrogen-bond acceptors (Lipinski definition) is 3. The van der Waals surface area contributed by atoms with Crippen LogP contribution in [0.5, 0.6) is 11.5 Å². The van der Waals surface area contributed by atoms with Gasteiger partial charge in [0.05, 0.1) is 19.8 Å². The van der Waals surface area contributed by atoms with Crippen LogP contribution in [0, 0.1) is 31.6 Å². The molecule has 1 N–H and O–H groups in total. The van der Waals surface area contributed by atoms with Crippen molar-refractivity contribution in [2.45, 2.75) is 132 Å². The van der Waals surface area contributed by atoms with E-state index in [-0.39, 0.29) is 6.10 Å². The van der Waals surface area contributed by atoms with Crippen LogP contribution in [0.25, 0.3) is 11.1 Å². The molecule has 0 amide bonds. The summed E-state index contributed by atoms with van der Waals surface area (Å²) in [6.07, 6.45) is 16.1. The second-order valence-corrected chi connectivity index (χ2v) is 13.8. The smallest absolute Gasteiger partial charge is 0.122 e. The van der Waals surface area contributed by atoms with Gasteiger partial charge in [-0.15, -0.1) is 0 Å². The van der Waals surface area contributed by atoms with Crippen molar-refractivity contribution in [3.05, 3.63) is 57.7 Å². The highest BCUT2D eigenvalue weighted by molar-refractivity contribution is 5.80. The molecule has 0 aliphatic heterocycles. The molecular formula is C39H60O3. The van der Waals surface area contributed by atoms with Crippen LogP contribution in [0.3, 0.4) is 0 Å². The molecule has 0 radical (unpaired) electrons. The first-order chi connectivity index (χ1) is 20.0. The van der Waals surface area contributed by atoms with Gasteiger partial charge in [0.2, 0.25) is 0 Å². The second kappa shape index (κ2) is 16.6. The van der Waals surface area contributed by atoms with Gasteiger partial charge in [-0.1, -0.05) is 90.4 Å². The maximum absolute atomic E-state index is 10.3. The summed E-state index contributed by atoms with van der Waals surface area (Å²) >= 11 is 0. The number of benzene rings is 2. The summed E-state index contributed by atoms with van der Waals surface area (Å²) < 4.78 is 12.2. The highest BCUT2D eigenvalue weighted by atomic mass is 16.5. The van der Waals surface area contributed by atoms with Crippen LogP contribution in [0.15, 0.2) is 29.8 Å². The maximum atomic E-state index is 10.3. The average molecular weight is 577 g/mol. The number of phenolic OH excluding ortho intramolecular Hbond substituents is 1. The van der Waals surface area contributed by atoms with Crippen molar-refractivity contribution in [2.75, 3.05) is 13.7 Å². The van der Waals surface area contributed by atoms with Gasteiger partial charge in [-0.2, -0.15) is 0 Å². The van der Waals surface area contributed by atoms with E-state index in [1.54, 1.807) is 7.11 Å². The zero-order chi connectivity index (χ0) is 30.8. The lowest BCUT2D eigenvalue weighted by atomic mass is 9.78. The van der Waals surface area contributed by atoms with Crippen LogP contribution in [-0.2, 0) is 17.6 Å². The van der Waals surface area contributed by atoms with Gasteiger partial charge in [-0.25, -0.2) is 0 Å². The molecule has 0 saturated heterocycles. The van der Waals surface area contributed by atoms with Crippen molar-refractivity contribution < 1.29 is 14.6 Å². The normalized spacial score (nSPS) is 15.3. The summed E-state index contributed by atoms with van der Waals surface area (Å²) in [4.78, 5) is 0. The zero-order valence-electron chi connectivity index (χ0n) is 28.4. The van der Waals surface area contributed by atoms with E-state index in [2.05, 4.69) is 66.7 Å². The molecule has 0 heterocycles. The minimum Gasteiger partial charge on any atom is -0.508 e. The molecule has 3 rings (SSSR count). The number of rotatable bonds is 17. The van der Waals surface area contributed by atoms with E-state index in [0.717, 1.165) is 48.3 Å². The average Bonchev–Trinajstić information content (AvgIpc) is 2.94. The van der Waals surface area contributed by atoms with Gasteiger partial charge >= 0.3 is 0 Å². The number of aromatic hydroxyl groups is 1. The van der Waals surface area contributed by atoms with Gasteiger partial charge < -0.3 is 14.6 Å². The molecule has 0 aromatic heterocycles. The lowest BCUT2D eigenvalue weighted by Crippen LogP contribution is -2.13. The number of allylic oxidation sites excluding steroid dienone is 1. The minimum atomic E-state index is -0.0647. The fourth-order valence-corrected chi connectivity index (χ4v) is 6.78. The summed E-state index contributed by atoms with van der Waals surface area (Å²) in [7, 11) is 1.76. The third kappa shape index (κ3) is 9.37. The van der Waals surface area contributed by atoms with Crippen molar-refractivity contribution in [2.24, 2.45) is 17.8 Å². The molecule has 3 heteroatoms. The predicted octanol–water partition coefficient (Wildman–Crippen LogP) is 11.2. The van der Waals surface area contributed by atoms with Gasteiger partial charge in [0.1, 0.15) is 11.5 Å². The molecule has 3 atom stereocenters. The summed E-state index contributed by atoms with van der Waals surface area (Å²) in [5, 5.41) is 10.3. The Balaban J connectivity index is 1.51. The van der Waals surface area contributed by atoms with Crippen LogP contribution >= 0.6 is 0 Å². The Kier molecular flexibility index (Phi) is 13.5. The number of ether oxygens (including phenoxy) is 2. The highest BCUT2D eigenvalue weighted by Gasteiger charge is 2.27. The monoisotopic (exact) mass is 576 g/mol. The van der Waals surface area contributed by atoms with E-state index in [1.807, 2.05) is 13.0 Å². The zero-order valence-corrected chi connectivity index (χ0v) is 28.4. The Hall–Kier alpha value is -2.26. The molecule has 2 aromatic carbocycles. The second-order valence-electron chi connectivity index (χ2n) is 13.8. The summed E-state index contributed by atoms with van der Waals surface area (Å²) in [6, 6.07) is 6.08. The van der Waals surface area contributed by atoms with Crippen LogP contribution in [0.4, 0.5) is 0 Å². The maximum Gasteiger partial charge on any atom is 0.122 e. The van der Waals surface area contributed by atoms with E-state index in [1.165, 1.54) is 90.3 Å². The Labute approximate surface area is 258 Å². The predicted molar refractivity (Wildman–Crippen MR) is 180 cm³/mol. The van der Waals surface area contributed by atoms with Gasteiger partial charge in [0, 0.05) is 0 Å². The van der Waals surface area contributed by atoms with Crippen LogP contribution in [-0.4, -0.2) is 18.8 Å². The molecule has 42 heavy (non-hydrogen) atoms. The molecule has 1 aliphatic rings. The lowest BCUT2D eigenvalue weighted by molar-refractivity contribution is 0.0883. The Bertz CT molecular complexity index is 1170. The Morgan fingerprint density at radius 1 is 0.857 bits per heavy atom. The van der Waals surface area contributed by atoms with Crippen molar-refractivity contribution in [1.29, 1.82) is 0 Å². The lowest BCUT2D eigenvalue weighted by Gasteiger charge is -2.29. The van der Waals surface area contributed by atoms with Gasteiger partial charge in [0.25, 0.3) is 0 Å². The fraction of sp³-hybridized carbons (Fsp3) is 0.641. The molecule has 0 saturated carbocycles. The van der Waals surface area contributed by atoms with E-state index in [9.17, 15) is 5.11 Å². The van der Waals surface area contributed by atoms with Crippen LogP contribution in [0.1, 0.15) is 133 Å². The highest BCUT2D eigenvalue weighted by Crippen LogP contribution is 2.45. The first-order valence-electron chi connectivity index (χ1n) is 16.8. The number of fused-ring (bicyclic) bond motifs is 3. The van der Waals surface area contributed by atoms with Crippen molar-refractivity contribution >= 4 is 0 Å².